The Balaban J connectivity index is 2.76. The summed E-state index contributed by atoms with van der Waals surface area (Å²) in [6.07, 6.45) is 2.48. The van der Waals surface area contributed by atoms with E-state index in [1.807, 2.05) is 14.1 Å². The zero-order valence-corrected chi connectivity index (χ0v) is 12.0. The Labute approximate surface area is 117 Å². The zero-order chi connectivity index (χ0) is 13.7. The number of nitrogens with zero attached hydrogens (tertiary/aromatic N) is 1. The summed E-state index contributed by atoms with van der Waals surface area (Å²) in [5.41, 5.74) is 0. The molecule has 0 amide bonds. The fourth-order valence-electron chi connectivity index (χ4n) is 1.19. The summed E-state index contributed by atoms with van der Waals surface area (Å²) in [4.78, 5) is 13.5. The third-order valence-electron chi connectivity index (χ3n) is 2.15. The third-order valence-corrected chi connectivity index (χ3v) is 2.75. The van der Waals surface area contributed by atoms with Crippen molar-refractivity contribution in [3.63, 3.8) is 0 Å². The molecular weight excluding hydrogens is 273 g/mol. The predicted molar refractivity (Wildman–Crippen MR) is 74.4 cm³/mol. The highest BCUT2D eigenvalue weighted by atomic mass is 35.5. The Morgan fingerprint density at radius 1 is 1.33 bits per heavy atom. The summed E-state index contributed by atoms with van der Waals surface area (Å²) >= 11 is 11.9. The summed E-state index contributed by atoms with van der Waals surface area (Å²) in [6.45, 7) is 1.65. The molecular formula is C13H15Cl2NO2. The van der Waals surface area contributed by atoms with Crippen molar-refractivity contribution in [2.24, 2.45) is 0 Å². The van der Waals surface area contributed by atoms with Gasteiger partial charge in [0.25, 0.3) is 0 Å². The van der Waals surface area contributed by atoms with Gasteiger partial charge in [0, 0.05) is 26.4 Å². The second-order valence-electron chi connectivity index (χ2n) is 3.99. The second-order valence-corrected chi connectivity index (χ2v) is 4.81. The molecule has 1 aromatic carbocycles. The summed E-state index contributed by atoms with van der Waals surface area (Å²) in [5.74, 6) is 0.180. The normalized spacial score (nSPS) is 12.5. The van der Waals surface area contributed by atoms with E-state index >= 15 is 0 Å². The fourth-order valence-corrected chi connectivity index (χ4v) is 1.67. The maximum absolute atomic E-state index is 11.7. The smallest absolute Gasteiger partial charge is 0.197 e. The highest BCUT2D eigenvalue weighted by Gasteiger charge is 2.15. The van der Waals surface area contributed by atoms with Crippen molar-refractivity contribution >= 4 is 29.0 Å². The Kier molecular flexibility index (Phi) is 5.51. The molecule has 3 nitrogen and oxygen atoms in total. The van der Waals surface area contributed by atoms with Gasteiger partial charge < -0.3 is 9.64 Å². The predicted octanol–water partition coefficient (Wildman–Crippen LogP) is 3.41. The molecule has 1 unspecified atom stereocenters. The molecule has 98 valence electrons. The molecule has 1 rings (SSSR count). The molecule has 1 atom stereocenters. The minimum absolute atomic E-state index is 0.153. The number of benzene rings is 1. The molecule has 18 heavy (non-hydrogen) atoms. The van der Waals surface area contributed by atoms with Crippen LogP contribution in [0.25, 0.3) is 0 Å². The SMILES string of the molecule is CC(Oc1c(Cl)cccc1Cl)C(=O)/C=C\N(C)C. The Morgan fingerprint density at radius 2 is 1.89 bits per heavy atom. The molecule has 0 fully saturated rings. The van der Waals surface area contributed by atoms with Crippen molar-refractivity contribution < 1.29 is 9.53 Å². The maximum Gasteiger partial charge on any atom is 0.197 e. The minimum atomic E-state index is -0.640. The molecule has 0 aromatic heterocycles. The number of carbonyl (C=O) groups is 1. The number of hydrogen-bond acceptors (Lipinski definition) is 3. The van der Waals surface area contributed by atoms with Crippen molar-refractivity contribution in [1.82, 2.24) is 4.90 Å². The number of ketones is 1. The van der Waals surface area contributed by atoms with E-state index in [1.54, 1.807) is 36.2 Å². The van der Waals surface area contributed by atoms with E-state index in [1.165, 1.54) is 6.08 Å². The Hall–Kier alpha value is -1.19. The first kappa shape index (κ1) is 14.9. The van der Waals surface area contributed by atoms with Crippen molar-refractivity contribution in [3.8, 4) is 5.75 Å². The van der Waals surface area contributed by atoms with Crippen molar-refractivity contribution in [2.45, 2.75) is 13.0 Å². The first-order chi connectivity index (χ1) is 8.41. The van der Waals surface area contributed by atoms with Gasteiger partial charge in [0.2, 0.25) is 0 Å². The summed E-state index contributed by atoms with van der Waals surface area (Å²) in [7, 11) is 3.67. The fraction of sp³-hybridized carbons (Fsp3) is 0.308. The van der Waals surface area contributed by atoms with E-state index in [0.717, 1.165) is 0 Å². The lowest BCUT2D eigenvalue weighted by Crippen LogP contribution is -2.22. The molecule has 0 saturated carbocycles. The van der Waals surface area contributed by atoms with E-state index in [-0.39, 0.29) is 5.78 Å². The van der Waals surface area contributed by atoms with Crippen LogP contribution in [0, 0.1) is 0 Å². The van der Waals surface area contributed by atoms with Crippen LogP contribution in [0.4, 0.5) is 0 Å². The largest absolute Gasteiger partial charge is 0.479 e. The molecule has 1 aromatic rings. The van der Waals surface area contributed by atoms with Gasteiger partial charge in [-0.2, -0.15) is 0 Å². The summed E-state index contributed by atoms with van der Waals surface area (Å²) in [5, 5.41) is 0.775. The van der Waals surface area contributed by atoms with E-state index in [9.17, 15) is 4.79 Å². The van der Waals surface area contributed by atoms with E-state index in [2.05, 4.69) is 0 Å². The van der Waals surface area contributed by atoms with Crippen LogP contribution in [0.5, 0.6) is 5.75 Å². The number of rotatable bonds is 5. The van der Waals surface area contributed by atoms with Gasteiger partial charge in [-0.3, -0.25) is 4.79 Å². The van der Waals surface area contributed by atoms with Crippen LogP contribution in [-0.4, -0.2) is 30.9 Å². The van der Waals surface area contributed by atoms with Gasteiger partial charge in [-0.15, -0.1) is 0 Å². The number of hydrogen-bond donors (Lipinski definition) is 0. The molecule has 5 heteroatoms. The van der Waals surface area contributed by atoms with Crippen LogP contribution in [0.3, 0.4) is 0 Å². The lowest BCUT2D eigenvalue weighted by atomic mass is 10.2. The van der Waals surface area contributed by atoms with Gasteiger partial charge >= 0.3 is 0 Å². The zero-order valence-electron chi connectivity index (χ0n) is 10.5. The standard InChI is InChI=1S/C13H15Cl2NO2/c1-9(12(17)7-8-16(2)3)18-13-10(14)5-4-6-11(13)15/h4-9H,1-3H3/b8-7-. The van der Waals surface area contributed by atoms with Crippen molar-refractivity contribution in [3.05, 3.63) is 40.5 Å². The van der Waals surface area contributed by atoms with Gasteiger partial charge in [0.1, 0.15) is 0 Å². The number of halogens is 2. The monoisotopic (exact) mass is 287 g/mol. The van der Waals surface area contributed by atoms with Gasteiger partial charge in [0.05, 0.1) is 10.0 Å². The van der Waals surface area contributed by atoms with E-state index in [0.29, 0.717) is 15.8 Å². The quantitative estimate of drug-likeness (QED) is 0.778. The molecule has 0 aliphatic heterocycles. The highest BCUT2D eigenvalue weighted by Crippen LogP contribution is 2.33. The first-order valence-electron chi connectivity index (χ1n) is 5.41. The van der Waals surface area contributed by atoms with E-state index < -0.39 is 6.10 Å². The van der Waals surface area contributed by atoms with Crippen LogP contribution in [0.1, 0.15) is 6.92 Å². The van der Waals surface area contributed by atoms with Gasteiger partial charge in [-0.1, -0.05) is 29.3 Å². The lowest BCUT2D eigenvalue weighted by molar-refractivity contribution is -0.120. The van der Waals surface area contributed by atoms with Crippen LogP contribution < -0.4 is 4.74 Å². The first-order valence-corrected chi connectivity index (χ1v) is 6.16. The average molecular weight is 288 g/mol. The molecule has 0 N–H and O–H groups in total. The van der Waals surface area contributed by atoms with Gasteiger partial charge in [0.15, 0.2) is 17.6 Å². The maximum atomic E-state index is 11.7. The molecule has 0 spiro atoms. The molecule has 0 heterocycles. The Bertz CT molecular complexity index is 438. The molecule has 0 aliphatic rings. The summed E-state index contributed by atoms with van der Waals surface area (Å²) in [6, 6.07) is 5.04. The van der Waals surface area contributed by atoms with Crippen LogP contribution >= 0.6 is 23.2 Å². The molecule has 0 saturated heterocycles. The van der Waals surface area contributed by atoms with E-state index in [4.69, 9.17) is 27.9 Å². The number of para-hydroxylation sites is 1. The molecule has 0 bridgehead atoms. The lowest BCUT2D eigenvalue weighted by Gasteiger charge is -2.14. The Morgan fingerprint density at radius 3 is 2.39 bits per heavy atom. The van der Waals surface area contributed by atoms with Gasteiger partial charge in [-0.05, 0) is 19.1 Å². The van der Waals surface area contributed by atoms with Crippen molar-refractivity contribution in [1.29, 1.82) is 0 Å². The average Bonchev–Trinajstić information content (AvgIpc) is 2.30. The van der Waals surface area contributed by atoms with Crippen LogP contribution in [0.2, 0.25) is 10.0 Å². The molecule has 0 aliphatic carbocycles. The van der Waals surface area contributed by atoms with Crippen LogP contribution in [-0.2, 0) is 4.79 Å². The second kappa shape index (κ2) is 6.66. The summed E-state index contributed by atoms with van der Waals surface area (Å²) < 4.78 is 5.49. The topological polar surface area (TPSA) is 29.5 Å². The number of carbonyl (C=O) groups excluding carboxylic acids is 1. The third kappa shape index (κ3) is 4.24. The van der Waals surface area contributed by atoms with Crippen LogP contribution in [0.15, 0.2) is 30.5 Å². The molecule has 0 radical (unpaired) electrons. The highest BCUT2D eigenvalue weighted by molar-refractivity contribution is 6.37. The van der Waals surface area contributed by atoms with Crippen molar-refractivity contribution in [2.75, 3.05) is 14.1 Å². The minimum Gasteiger partial charge on any atom is -0.479 e. The van der Waals surface area contributed by atoms with Gasteiger partial charge in [-0.25, -0.2) is 0 Å². The number of ether oxygens (including phenoxy) is 1.